The molecule has 4 rings (SSSR count). The van der Waals surface area contributed by atoms with Crippen molar-refractivity contribution in [2.75, 3.05) is 6.54 Å². The average molecular weight is 370 g/mol. The van der Waals surface area contributed by atoms with Crippen molar-refractivity contribution in [3.8, 4) is 0 Å². The van der Waals surface area contributed by atoms with Gasteiger partial charge in [0.15, 0.2) is 0 Å². The van der Waals surface area contributed by atoms with E-state index in [0.29, 0.717) is 12.5 Å². The summed E-state index contributed by atoms with van der Waals surface area (Å²) in [5.41, 5.74) is 2.24. The van der Waals surface area contributed by atoms with Gasteiger partial charge >= 0.3 is 5.97 Å². The number of allylic oxidation sites excluding steroid dienone is 1. The Morgan fingerprint density at radius 2 is 2.07 bits per heavy atom. The van der Waals surface area contributed by atoms with Crippen molar-refractivity contribution >= 4 is 5.97 Å². The van der Waals surface area contributed by atoms with E-state index in [4.69, 9.17) is 4.74 Å². The van der Waals surface area contributed by atoms with Crippen LogP contribution in [0.5, 0.6) is 0 Å². The standard InChI is InChI=1S/C23H31NO3/c1-14-8-7-11-17-12-19-20(21(25)23(14,17)3)18(22(26)27-19)13-24-15(2)16-9-5-4-6-10-16/h4-6,9-11,14-15,18-21,24-25H,7-8,12-13H2,1-3H3/t14-,15-,18+,19+,20-,21+,23+/m0/s1. The van der Waals surface area contributed by atoms with Gasteiger partial charge in [-0.2, -0.15) is 0 Å². The summed E-state index contributed by atoms with van der Waals surface area (Å²) in [5, 5.41) is 14.9. The van der Waals surface area contributed by atoms with Crippen molar-refractivity contribution < 1.29 is 14.6 Å². The molecule has 0 radical (unpaired) electrons. The fourth-order valence-corrected chi connectivity index (χ4v) is 5.46. The summed E-state index contributed by atoms with van der Waals surface area (Å²) in [6, 6.07) is 10.4. The lowest BCUT2D eigenvalue weighted by Gasteiger charge is -2.51. The van der Waals surface area contributed by atoms with Crippen LogP contribution in [0.3, 0.4) is 0 Å². The highest BCUT2D eigenvalue weighted by molar-refractivity contribution is 5.76. The highest BCUT2D eigenvalue weighted by Gasteiger charge is 2.59. The third-order valence-corrected chi connectivity index (χ3v) is 7.51. The number of aliphatic hydroxyl groups excluding tert-OH is 1. The quantitative estimate of drug-likeness (QED) is 0.629. The molecule has 1 saturated carbocycles. The van der Waals surface area contributed by atoms with Crippen LogP contribution in [0.25, 0.3) is 0 Å². The molecule has 0 aromatic heterocycles. The summed E-state index contributed by atoms with van der Waals surface area (Å²) in [5.74, 6) is -0.160. The molecule has 1 saturated heterocycles. The second-order valence-corrected chi connectivity index (χ2v) is 8.84. The van der Waals surface area contributed by atoms with E-state index >= 15 is 0 Å². The van der Waals surface area contributed by atoms with Gasteiger partial charge in [-0.3, -0.25) is 4.79 Å². The van der Waals surface area contributed by atoms with Crippen LogP contribution in [0.2, 0.25) is 0 Å². The Kier molecular flexibility index (Phi) is 4.89. The first kappa shape index (κ1) is 18.7. The van der Waals surface area contributed by atoms with Gasteiger partial charge in [-0.25, -0.2) is 0 Å². The van der Waals surface area contributed by atoms with E-state index in [2.05, 4.69) is 44.3 Å². The Hall–Kier alpha value is -1.65. The van der Waals surface area contributed by atoms with E-state index in [9.17, 15) is 9.90 Å². The number of hydrogen-bond acceptors (Lipinski definition) is 4. The Balaban J connectivity index is 1.52. The van der Waals surface area contributed by atoms with Gasteiger partial charge in [-0.05, 0) is 31.2 Å². The molecule has 1 aromatic carbocycles. The van der Waals surface area contributed by atoms with E-state index in [1.165, 1.54) is 11.1 Å². The first-order chi connectivity index (χ1) is 12.9. The number of fused-ring (bicyclic) bond motifs is 2. The molecule has 2 fully saturated rings. The lowest BCUT2D eigenvalue weighted by molar-refractivity contribution is -0.144. The van der Waals surface area contributed by atoms with E-state index in [-0.39, 0.29) is 35.4 Å². The van der Waals surface area contributed by atoms with E-state index < -0.39 is 6.10 Å². The summed E-state index contributed by atoms with van der Waals surface area (Å²) in [7, 11) is 0. The molecule has 7 atom stereocenters. The topological polar surface area (TPSA) is 58.6 Å². The summed E-state index contributed by atoms with van der Waals surface area (Å²) in [4.78, 5) is 12.6. The van der Waals surface area contributed by atoms with E-state index in [1.807, 2.05) is 18.2 Å². The van der Waals surface area contributed by atoms with Crippen LogP contribution >= 0.6 is 0 Å². The van der Waals surface area contributed by atoms with Gasteiger partial charge in [0.2, 0.25) is 0 Å². The van der Waals surface area contributed by atoms with Crippen molar-refractivity contribution in [1.29, 1.82) is 0 Å². The average Bonchev–Trinajstić information content (AvgIpc) is 2.98. The minimum Gasteiger partial charge on any atom is -0.461 e. The SMILES string of the molecule is C[C@H](NC[C@H]1C(=O)O[C@@H]2CC3=CCC[C@H](C)[C@@]3(C)[C@H](O)[C@H]21)c1ccccc1. The zero-order chi connectivity index (χ0) is 19.2. The minimum atomic E-state index is -0.539. The molecule has 2 aliphatic carbocycles. The monoisotopic (exact) mass is 369 g/mol. The van der Waals surface area contributed by atoms with Gasteiger partial charge in [0.1, 0.15) is 6.10 Å². The number of carbonyl (C=O) groups excluding carboxylic acids is 1. The first-order valence-electron chi connectivity index (χ1n) is 10.3. The van der Waals surface area contributed by atoms with Gasteiger partial charge < -0.3 is 15.2 Å². The van der Waals surface area contributed by atoms with Crippen molar-refractivity contribution in [2.24, 2.45) is 23.2 Å². The minimum absolute atomic E-state index is 0.129. The third kappa shape index (κ3) is 3.03. The summed E-state index contributed by atoms with van der Waals surface area (Å²) < 4.78 is 5.74. The molecule has 2 N–H and O–H groups in total. The maximum absolute atomic E-state index is 12.6. The molecular weight excluding hydrogens is 338 g/mol. The number of benzene rings is 1. The van der Waals surface area contributed by atoms with Crippen molar-refractivity contribution in [3.63, 3.8) is 0 Å². The normalized spacial score (nSPS) is 39.2. The molecule has 146 valence electrons. The lowest BCUT2D eigenvalue weighted by Crippen LogP contribution is -2.54. The second kappa shape index (κ2) is 7.06. The highest BCUT2D eigenvalue weighted by Crippen LogP contribution is 2.55. The fourth-order valence-electron chi connectivity index (χ4n) is 5.46. The van der Waals surface area contributed by atoms with Crippen molar-refractivity contribution in [3.05, 3.63) is 47.5 Å². The number of nitrogens with one attached hydrogen (secondary N) is 1. The van der Waals surface area contributed by atoms with Gasteiger partial charge in [0.05, 0.1) is 12.0 Å². The van der Waals surface area contributed by atoms with Gasteiger partial charge in [0, 0.05) is 30.3 Å². The molecular formula is C23H31NO3. The summed E-state index contributed by atoms with van der Waals surface area (Å²) >= 11 is 0. The fraction of sp³-hybridized carbons (Fsp3) is 0.609. The molecule has 0 spiro atoms. The zero-order valence-corrected chi connectivity index (χ0v) is 16.5. The largest absolute Gasteiger partial charge is 0.461 e. The molecule has 4 nitrogen and oxygen atoms in total. The predicted octanol–water partition coefficient (Wildman–Crippen LogP) is 3.62. The van der Waals surface area contributed by atoms with E-state index in [0.717, 1.165) is 19.3 Å². The molecule has 0 unspecified atom stereocenters. The molecule has 4 heteroatoms. The Bertz CT molecular complexity index is 730. The Labute approximate surface area is 162 Å². The lowest BCUT2D eigenvalue weighted by atomic mass is 9.55. The van der Waals surface area contributed by atoms with Crippen LogP contribution in [0.1, 0.15) is 51.6 Å². The summed E-state index contributed by atoms with van der Waals surface area (Å²) in [6.07, 6.45) is 4.48. The molecule has 1 aliphatic heterocycles. The Morgan fingerprint density at radius 1 is 1.33 bits per heavy atom. The highest BCUT2D eigenvalue weighted by atomic mass is 16.6. The maximum Gasteiger partial charge on any atom is 0.311 e. The second-order valence-electron chi connectivity index (χ2n) is 8.84. The van der Waals surface area contributed by atoms with Crippen LogP contribution < -0.4 is 5.32 Å². The maximum atomic E-state index is 12.6. The van der Waals surface area contributed by atoms with Crippen molar-refractivity contribution in [1.82, 2.24) is 5.32 Å². The molecule has 1 heterocycles. The van der Waals surface area contributed by atoms with Crippen LogP contribution in [-0.2, 0) is 9.53 Å². The molecule has 0 amide bonds. The number of ether oxygens (including phenoxy) is 1. The van der Waals surface area contributed by atoms with Crippen LogP contribution in [-0.4, -0.2) is 29.8 Å². The predicted molar refractivity (Wildman–Crippen MR) is 105 cm³/mol. The number of aliphatic hydroxyl groups is 1. The molecule has 0 bridgehead atoms. The third-order valence-electron chi connectivity index (χ3n) is 7.51. The number of hydrogen-bond donors (Lipinski definition) is 2. The molecule has 27 heavy (non-hydrogen) atoms. The van der Waals surface area contributed by atoms with Crippen LogP contribution in [0.15, 0.2) is 42.0 Å². The Morgan fingerprint density at radius 3 is 2.81 bits per heavy atom. The van der Waals surface area contributed by atoms with Gasteiger partial charge in [0.25, 0.3) is 0 Å². The summed E-state index contributed by atoms with van der Waals surface area (Å²) in [6.45, 7) is 7.06. The van der Waals surface area contributed by atoms with E-state index in [1.54, 1.807) is 0 Å². The number of rotatable bonds is 4. The van der Waals surface area contributed by atoms with Crippen molar-refractivity contribution in [2.45, 2.75) is 58.3 Å². The molecule has 3 aliphatic rings. The zero-order valence-electron chi connectivity index (χ0n) is 16.5. The van der Waals surface area contributed by atoms with Gasteiger partial charge in [-0.1, -0.05) is 55.8 Å². The number of carbonyl (C=O) groups is 1. The first-order valence-corrected chi connectivity index (χ1v) is 10.3. The number of esters is 1. The molecule has 1 aromatic rings. The van der Waals surface area contributed by atoms with Gasteiger partial charge in [-0.15, -0.1) is 0 Å². The van der Waals surface area contributed by atoms with Crippen LogP contribution in [0.4, 0.5) is 0 Å². The van der Waals surface area contributed by atoms with Crippen LogP contribution in [0, 0.1) is 23.2 Å². The smallest absolute Gasteiger partial charge is 0.311 e.